The molecule has 100 valence electrons. The number of thiophene rings is 1. The lowest BCUT2D eigenvalue weighted by Crippen LogP contribution is -2.16. The molecule has 1 aliphatic rings. The SMILES string of the molecule is Cc1ccc(OCc2cccs2)c(CNC2CC2)c1. The average Bonchev–Trinajstić information content (AvgIpc) is 3.10. The standard InChI is InChI=1S/C16H19NOS/c1-12-4-7-16(18-11-15-3-2-8-19-15)13(9-12)10-17-14-5-6-14/h2-4,7-9,14,17H,5-6,10-11H2,1H3. The molecule has 2 nitrogen and oxygen atoms in total. The van der Waals surface area contributed by atoms with Gasteiger partial charge in [0, 0.05) is 23.0 Å². The van der Waals surface area contributed by atoms with Gasteiger partial charge in [-0.3, -0.25) is 0 Å². The molecule has 0 saturated heterocycles. The fraction of sp³-hybridized carbons (Fsp3) is 0.375. The van der Waals surface area contributed by atoms with E-state index in [1.54, 1.807) is 11.3 Å². The highest BCUT2D eigenvalue weighted by Gasteiger charge is 2.20. The van der Waals surface area contributed by atoms with Crippen molar-refractivity contribution in [2.24, 2.45) is 0 Å². The first-order valence-electron chi connectivity index (χ1n) is 6.79. The van der Waals surface area contributed by atoms with Gasteiger partial charge in [-0.2, -0.15) is 0 Å². The quantitative estimate of drug-likeness (QED) is 0.862. The number of ether oxygens (including phenoxy) is 1. The van der Waals surface area contributed by atoms with Crippen LogP contribution in [0.5, 0.6) is 5.75 Å². The van der Waals surface area contributed by atoms with Crippen LogP contribution in [0.4, 0.5) is 0 Å². The number of rotatable bonds is 6. The van der Waals surface area contributed by atoms with Gasteiger partial charge in [0.25, 0.3) is 0 Å². The molecule has 3 heteroatoms. The maximum absolute atomic E-state index is 5.96. The molecule has 0 radical (unpaired) electrons. The van der Waals surface area contributed by atoms with Crippen molar-refractivity contribution in [2.75, 3.05) is 0 Å². The van der Waals surface area contributed by atoms with Gasteiger partial charge in [0.2, 0.25) is 0 Å². The van der Waals surface area contributed by atoms with Crippen LogP contribution in [0.2, 0.25) is 0 Å². The van der Waals surface area contributed by atoms with Gasteiger partial charge in [0.15, 0.2) is 0 Å². The monoisotopic (exact) mass is 273 g/mol. The van der Waals surface area contributed by atoms with Gasteiger partial charge in [0.05, 0.1) is 0 Å². The molecule has 0 unspecified atom stereocenters. The molecule has 0 amide bonds. The van der Waals surface area contributed by atoms with E-state index >= 15 is 0 Å². The Balaban J connectivity index is 1.67. The Morgan fingerprint density at radius 2 is 2.21 bits per heavy atom. The third-order valence-electron chi connectivity index (χ3n) is 3.32. The zero-order valence-corrected chi connectivity index (χ0v) is 12.0. The van der Waals surface area contributed by atoms with Crippen molar-refractivity contribution in [2.45, 2.75) is 39.0 Å². The smallest absolute Gasteiger partial charge is 0.124 e. The molecule has 1 heterocycles. The molecule has 1 aromatic heterocycles. The summed E-state index contributed by atoms with van der Waals surface area (Å²) in [4.78, 5) is 1.27. The van der Waals surface area contributed by atoms with Crippen LogP contribution in [0.3, 0.4) is 0 Å². The van der Waals surface area contributed by atoms with Crippen LogP contribution in [0, 0.1) is 6.92 Å². The fourth-order valence-electron chi connectivity index (χ4n) is 2.07. The second-order valence-corrected chi connectivity index (χ2v) is 6.17. The molecule has 1 aromatic carbocycles. The number of nitrogens with one attached hydrogen (secondary N) is 1. The van der Waals surface area contributed by atoms with Crippen molar-refractivity contribution in [3.8, 4) is 5.75 Å². The molecule has 0 atom stereocenters. The predicted molar refractivity (Wildman–Crippen MR) is 79.7 cm³/mol. The zero-order chi connectivity index (χ0) is 13.1. The highest BCUT2D eigenvalue weighted by atomic mass is 32.1. The summed E-state index contributed by atoms with van der Waals surface area (Å²) in [6, 6.07) is 11.3. The van der Waals surface area contributed by atoms with Crippen LogP contribution in [-0.4, -0.2) is 6.04 Å². The Bertz CT molecular complexity index is 532. The van der Waals surface area contributed by atoms with Crippen molar-refractivity contribution in [3.05, 3.63) is 51.7 Å². The van der Waals surface area contributed by atoms with Gasteiger partial charge in [-0.1, -0.05) is 23.8 Å². The van der Waals surface area contributed by atoms with Gasteiger partial charge in [0.1, 0.15) is 12.4 Å². The molecule has 1 fully saturated rings. The lowest BCUT2D eigenvalue weighted by atomic mass is 10.1. The minimum atomic E-state index is 0.664. The van der Waals surface area contributed by atoms with Gasteiger partial charge in [-0.05, 0) is 37.3 Å². The van der Waals surface area contributed by atoms with Crippen molar-refractivity contribution in [1.82, 2.24) is 5.32 Å². The Labute approximate surface area is 118 Å². The Hall–Kier alpha value is -1.32. The molecule has 1 N–H and O–H groups in total. The van der Waals surface area contributed by atoms with Crippen molar-refractivity contribution < 1.29 is 4.74 Å². The lowest BCUT2D eigenvalue weighted by molar-refractivity contribution is 0.305. The summed E-state index contributed by atoms with van der Waals surface area (Å²) < 4.78 is 5.96. The molecule has 0 aliphatic heterocycles. The van der Waals surface area contributed by atoms with E-state index in [0.717, 1.165) is 18.3 Å². The van der Waals surface area contributed by atoms with Crippen LogP contribution in [0.25, 0.3) is 0 Å². The van der Waals surface area contributed by atoms with Crippen LogP contribution in [-0.2, 0) is 13.2 Å². The van der Waals surface area contributed by atoms with Gasteiger partial charge in [-0.15, -0.1) is 11.3 Å². The van der Waals surface area contributed by atoms with Crippen molar-refractivity contribution in [1.29, 1.82) is 0 Å². The van der Waals surface area contributed by atoms with E-state index in [4.69, 9.17) is 4.74 Å². The van der Waals surface area contributed by atoms with E-state index in [1.807, 2.05) is 0 Å². The first-order valence-corrected chi connectivity index (χ1v) is 7.67. The number of aryl methyl sites for hydroxylation is 1. The summed E-state index contributed by atoms with van der Waals surface area (Å²) in [5, 5.41) is 5.64. The Kier molecular flexibility index (Phi) is 3.85. The van der Waals surface area contributed by atoms with Crippen LogP contribution in [0.15, 0.2) is 35.7 Å². The number of benzene rings is 1. The highest BCUT2D eigenvalue weighted by Crippen LogP contribution is 2.24. The molecule has 2 aromatic rings. The van der Waals surface area contributed by atoms with Crippen LogP contribution < -0.4 is 10.1 Å². The van der Waals surface area contributed by atoms with Crippen LogP contribution >= 0.6 is 11.3 Å². The topological polar surface area (TPSA) is 21.3 Å². The largest absolute Gasteiger partial charge is 0.488 e. The Morgan fingerprint density at radius 1 is 1.32 bits per heavy atom. The first kappa shape index (κ1) is 12.7. The van der Waals surface area contributed by atoms with E-state index in [9.17, 15) is 0 Å². The van der Waals surface area contributed by atoms with E-state index in [0.29, 0.717) is 6.61 Å². The number of hydrogen-bond donors (Lipinski definition) is 1. The lowest BCUT2D eigenvalue weighted by Gasteiger charge is -2.12. The van der Waals surface area contributed by atoms with E-state index in [1.165, 1.54) is 28.8 Å². The van der Waals surface area contributed by atoms with Gasteiger partial charge in [-0.25, -0.2) is 0 Å². The summed E-state index contributed by atoms with van der Waals surface area (Å²) in [5.41, 5.74) is 2.56. The van der Waals surface area contributed by atoms with Crippen LogP contribution in [0.1, 0.15) is 28.8 Å². The summed E-state index contributed by atoms with van der Waals surface area (Å²) in [6.45, 7) is 3.70. The summed E-state index contributed by atoms with van der Waals surface area (Å²) >= 11 is 1.74. The number of hydrogen-bond acceptors (Lipinski definition) is 3. The maximum atomic E-state index is 5.96. The van der Waals surface area contributed by atoms with E-state index < -0.39 is 0 Å². The normalized spacial score (nSPS) is 14.6. The summed E-state index contributed by atoms with van der Waals surface area (Å²) in [7, 11) is 0. The molecule has 0 bridgehead atoms. The molecular weight excluding hydrogens is 254 g/mol. The molecule has 3 rings (SSSR count). The predicted octanol–water partition coefficient (Wildman–Crippen LogP) is 3.89. The zero-order valence-electron chi connectivity index (χ0n) is 11.2. The maximum Gasteiger partial charge on any atom is 0.124 e. The second kappa shape index (κ2) is 5.76. The molecule has 1 aliphatic carbocycles. The Morgan fingerprint density at radius 3 is 2.95 bits per heavy atom. The molecule has 19 heavy (non-hydrogen) atoms. The molecular formula is C16H19NOS. The minimum Gasteiger partial charge on any atom is -0.488 e. The molecule has 0 spiro atoms. The summed E-state index contributed by atoms with van der Waals surface area (Å²) in [6.07, 6.45) is 2.63. The average molecular weight is 273 g/mol. The third kappa shape index (κ3) is 3.58. The summed E-state index contributed by atoms with van der Waals surface area (Å²) in [5.74, 6) is 1.01. The minimum absolute atomic E-state index is 0.664. The second-order valence-electron chi connectivity index (χ2n) is 5.13. The first-order chi connectivity index (χ1) is 9.31. The highest BCUT2D eigenvalue weighted by molar-refractivity contribution is 7.09. The van der Waals surface area contributed by atoms with Gasteiger partial charge < -0.3 is 10.1 Å². The van der Waals surface area contributed by atoms with Crippen molar-refractivity contribution >= 4 is 11.3 Å². The molecule has 1 saturated carbocycles. The van der Waals surface area contributed by atoms with Gasteiger partial charge >= 0.3 is 0 Å². The van der Waals surface area contributed by atoms with Crippen molar-refractivity contribution in [3.63, 3.8) is 0 Å². The third-order valence-corrected chi connectivity index (χ3v) is 4.17. The van der Waals surface area contributed by atoms with E-state index in [-0.39, 0.29) is 0 Å². The van der Waals surface area contributed by atoms with E-state index in [2.05, 4.69) is 48.0 Å². The fourth-order valence-corrected chi connectivity index (χ4v) is 2.69.